The fraction of sp³-hybridized carbons (Fsp3) is 0.286. The first-order chi connectivity index (χ1) is 13.8. The number of nitrogens with zero attached hydrogens (tertiary/aromatic N) is 2. The fourth-order valence-electron chi connectivity index (χ4n) is 3.14. The minimum Gasteiger partial charge on any atom is -0.474 e. The van der Waals surface area contributed by atoms with Gasteiger partial charge in [0, 0.05) is 19.2 Å². The molecule has 0 amide bonds. The van der Waals surface area contributed by atoms with Crippen LogP contribution in [-0.4, -0.2) is 38.0 Å². The molecule has 154 valence electrons. The van der Waals surface area contributed by atoms with Crippen molar-refractivity contribution in [3.63, 3.8) is 0 Å². The normalized spacial score (nSPS) is 11.6. The van der Waals surface area contributed by atoms with Crippen molar-refractivity contribution in [2.24, 2.45) is 12.2 Å². The van der Waals surface area contributed by atoms with E-state index in [-0.39, 0.29) is 4.90 Å². The molecule has 29 heavy (non-hydrogen) atoms. The Kier molecular flexibility index (Phi) is 6.36. The van der Waals surface area contributed by atoms with Gasteiger partial charge in [0.25, 0.3) is 0 Å². The van der Waals surface area contributed by atoms with Gasteiger partial charge in [-0.05, 0) is 25.5 Å². The van der Waals surface area contributed by atoms with Gasteiger partial charge in [-0.3, -0.25) is 4.68 Å². The smallest absolute Gasteiger partial charge is 0.241 e. The number of hydrogen-bond donors (Lipinski definition) is 1. The summed E-state index contributed by atoms with van der Waals surface area (Å²) in [4.78, 5) is 0.0391. The van der Waals surface area contributed by atoms with E-state index in [1.54, 1.807) is 29.9 Å². The first-order valence-electron chi connectivity index (χ1n) is 9.29. The summed E-state index contributed by atoms with van der Waals surface area (Å²) in [6.45, 7) is 5.29. The van der Waals surface area contributed by atoms with Gasteiger partial charge in [0.1, 0.15) is 6.61 Å². The monoisotopic (exact) mass is 415 g/mol. The molecule has 0 aliphatic rings. The highest BCUT2D eigenvalue weighted by atomic mass is 32.2. The van der Waals surface area contributed by atoms with Gasteiger partial charge in [0.05, 0.1) is 22.8 Å². The Morgan fingerprint density at radius 1 is 1.07 bits per heavy atom. The van der Waals surface area contributed by atoms with Gasteiger partial charge in [0.2, 0.25) is 15.9 Å². The zero-order valence-corrected chi connectivity index (χ0v) is 17.6. The number of primary sulfonamides is 1. The van der Waals surface area contributed by atoms with Crippen LogP contribution in [-0.2, 0) is 21.8 Å². The molecular formula is C21H25N3O4S. The summed E-state index contributed by atoms with van der Waals surface area (Å²) < 4.78 is 37.2. The summed E-state index contributed by atoms with van der Waals surface area (Å²) in [5.41, 5.74) is 3.78. The minimum atomic E-state index is -3.92. The van der Waals surface area contributed by atoms with Crippen molar-refractivity contribution in [2.45, 2.75) is 18.7 Å². The molecule has 0 saturated heterocycles. The number of benzene rings is 2. The second-order valence-electron chi connectivity index (χ2n) is 6.60. The highest BCUT2D eigenvalue weighted by Crippen LogP contribution is 2.40. The second kappa shape index (κ2) is 8.77. The summed E-state index contributed by atoms with van der Waals surface area (Å²) in [5, 5.41) is 9.98. The summed E-state index contributed by atoms with van der Waals surface area (Å²) in [7, 11) is -2.17. The Balaban J connectivity index is 2.20. The maximum atomic E-state index is 12.2. The lowest BCUT2D eigenvalue weighted by Gasteiger charge is -2.12. The van der Waals surface area contributed by atoms with E-state index >= 15 is 0 Å². The molecular weight excluding hydrogens is 390 g/mol. The average Bonchev–Trinajstić information content (AvgIpc) is 3.01. The van der Waals surface area contributed by atoms with Crippen LogP contribution in [0.4, 0.5) is 0 Å². The van der Waals surface area contributed by atoms with Crippen LogP contribution in [0.25, 0.3) is 22.4 Å². The molecule has 3 rings (SSSR count). The van der Waals surface area contributed by atoms with Crippen molar-refractivity contribution in [1.29, 1.82) is 0 Å². The Hall–Kier alpha value is -2.68. The molecule has 7 nitrogen and oxygen atoms in total. The first kappa shape index (κ1) is 21.0. The molecule has 0 aliphatic carbocycles. The zero-order valence-electron chi connectivity index (χ0n) is 16.8. The van der Waals surface area contributed by atoms with E-state index in [0.717, 1.165) is 11.1 Å². The van der Waals surface area contributed by atoms with Gasteiger partial charge in [-0.15, -0.1) is 5.10 Å². The number of ether oxygens (including phenoxy) is 2. The Labute approximate surface area is 171 Å². The fourth-order valence-corrected chi connectivity index (χ4v) is 3.88. The van der Waals surface area contributed by atoms with Gasteiger partial charge in [0.15, 0.2) is 0 Å². The second-order valence-corrected chi connectivity index (χ2v) is 8.13. The van der Waals surface area contributed by atoms with Crippen LogP contribution in [0.3, 0.4) is 0 Å². The summed E-state index contributed by atoms with van der Waals surface area (Å²) in [6.07, 6.45) is 0. The third-order valence-electron chi connectivity index (χ3n) is 4.47. The third-order valence-corrected chi connectivity index (χ3v) is 5.44. The van der Waals surface area contributed by atoms with E-state index < -0.39 is 10.0 Å². The molecule has 3 aromatic rings. The van der Waals surface area contributed by atoms with E-state index in [2.05, 4.69) is 5.10 Å². The molecule has 2 N–H and O–H groups in total. The first-order valence-corrected chi connectivity index (χ1v) is 10.8. The maximum absolute atomic E-state index is 12.2. The van der Waals surface area contributed by atoms with E-state index in [4.69, 9.17) is 14.6 Å². The third kappa shape index (κ3) is 4.67. The van der Waals surface area contributed by atoms with E-state index in [1.165, 1.54) is 6.07 Å². The van der Waals surface area contributed by atoms with Crippen molar-refractivity contribution in [1.82, 2.24) is 9.78 Å². The SMILES string of the molecule is CCOCCOc1nn(C)c(-c2ccccc2S(N)(=O)=O)c1-c1ccc(C)cc1. The quantitative estimate of drug-likeness (QED) is 0.570. The summed E-state index contributed by atoms with van der Waals surface area (Å²) in [5.74, 6) is 0.412. The number of hydrogen-bond acceptors (Lipinski definition) is 5. The van der Waals surface area contributed by atoms with Gasteiger partial charge < -0.3 is 9.47 Å². The van der Waals surface area contributed by atoms with Gasteiger partial charge in [-0.25, -0.2) is 13.6 Å². The van der Waals surface area contributed by atoms with Crippen molar-refractivity contribution >= 4 is 10.0 Å². The molecule has 0 unspecified atom stereocenters. The predicted molar refractivity (Wildman–Crippen MR) is 112 cm³/mol. The number of aryl methyl sites for hydroxylation is 2. The van der Waals surface area contributed by atoms with Crippen LogP contribution < -0.4 is 9.88 Å². The maximum Gasteiger partial charge on any atom is 0.241 e. The molecule has 0 radical (unpaired) electrons. The van der Waals surface area contributed by atoms with Gasteiger partial charge in [-0.1, -0.05) is 48.0 Å². The lowest BCUT2D eigenvalue weighted by molar-refractivity contribution is 0.108. The molecule has 2 aromatic carbocycles. The predicted octanol–water partition coefficient (Wildman–Crippen LogP) is 3.13. The highest BCUT2D eigenvalue weighted by molar-refractivity contribution is 7.89. The molecule has 0 fully saturated rings. The molecule has 8 heteroatoms. The number of aromatic nitrogens is 2. The lowest BCUT2D eigenvalue weighted by atomic mass is 10.00. The van der Waals surface area contributed by atoms with Crippen molar-refractivity contribution in [2.75, 3.05) is 19.8 Å². The lowest BCUT2D eigenvalue weighted by Crippen LogP contribution is -2.14. The van der Waals surface area contributed by atoms with Crippen molar-refractivity contribution in [3.05, 3.63) is 54.1 Å². The van der Waals surface area contributed by atoms with Crippen LogP contribution in [0, 0.1) is 6.92 Å². The minimum absolute atomic E-state index is 0.0391. The highest BCUT2D eigenvalue weighted by Gasteiger charge is 2.25. The molecule has 0 atom stereocenters. The average molecular weight is 416 g/mol. The largest absolute Gasteiger partial charge is 0.474 e. The van der Waals surface area contributed by atoms with E-state index in [9.17, 15) is 8.42 Å². The molecule has 1 aromatic heterocycles. The molecule has 0 bridgehead atoms. The van der Waals surface area contributed by atoms with Crippen molar-refractivity contribution in [3.8, 4) is 28.3 Å². The topological polar surface area (TPSA) is 96.4 Å². The number of nitrogens with two attached hydrogens (primary N) is 1. The molecule has 0 spiro atoms. The summed E-state index contributed by atoms with van der Waals surface area (Å²) >= 11 is 0. The van der Waals surface area contributed by atoms with E-state index in [0.29, 0.717) is 42.5 Å². The zero-order chi connectivity index (χ0) is 21.0. The van der Waals surface area contributed by atoms with Crippen LogP contribution in [0.1, 0.15) is 12.5 Å². The van der Waals surface area contributed by atoms with Crippen LogP contribution in [0.5, 0.6) is 5.88 Å². The standard InChI is InChI=1S/C21H25N3O4S/c1-4-27-13-14-28-21-19(16-11-9-15(2)10-12-16)20(24(3)23-21)17-7-5-6-8-18(17)29(22,25)26/h5-12H,4,13-14H2,1-3H3,(H2,22,25,26). The molecule has 0 saturated carbocycles. The van der Waals surface area contributed by atoms with Crippen LogP contribution in [0.2, 0.25) is 0 Å². The number of rotatable bonds is 8. The van der Waals surface area contributed by atoms with Gasteiger partial charge in [-0.2, -0.15) is 0 Å². The molecule has 0 aliphatic heterocycles. The summed E-state index contributed by atoms with van der Waals surface area (Å²) in [6, 6.07) is 14.5. The molecule has 1 heterocycles. The Morgan fingerprint density at radius 2 is 1.76 bits per heavy atom. The Bertz CT molecular complexity index is 1090. The Morgan fingerprint density at radius 3 is 2.41 bits per heavy atom. The van der Waals surface area contributed by atoms with E-state index in [1.807, 2.05) is 38.1 Å². The van der Waals surface area contributed by atoms with Crippen LogP contribution in [0.15, 0.2) is 53.4 Å². The van der Waals surface area contributed by atoms with Crippen LogP contribution >= 0.6 is 0 Å². The van der Waals surface area contributed by atoms with Gasteiger partial charge >= 0.3 is 0 Å². The number of sulfonamides is 1. The van der Waals surface area contributed by atoms with Crippen molar-refractivity contribution < 1.29 is 17.9 Å².